The van der Waals surface area contributed by atoms with E-state index in [2.05, 4.69) is 10.2 Å². The zero-order chi connectivity index (χ0) is 18.0. The summed E-state index contributed by atoms with van der Waals surface area (Å²) in [6.07, 6.45) is 2.54. The Kier molecular flexibility index (Phi) is 4.41. The maximum Gasteiger partial charge on any atom is 0.338 e. The molecule has 0 bridgehead atoms. The number of esters is 1. The lowest BCUT2D eigenvalue weighted by Gasteiger charge is -2.07. The second-order valence-corrected chi connectivity index (χ2v) is 7.32. The summed E-state index contributed by atoms with van der Waals surface area (Å²) in [6.45, 7) is 1.44. The standard InChI is InChI=1S/C16H14N2O6S/c1-10-5-6-11(25(2,20)21)8-12(10)16(19)23-9-14-17-18-15(24-14)13-4-3-7-22-13/h3-8H,9H2,1-2H3. The van der Waals surface area contributed by atoms with Gasteiger partial charge in [0, 0.05) is 6.26 Å². The average molecular weight is 362 g/mol. The van der Waals surface area contributed by atoms with Crippen molar-refractivity contribution in [3.05, 3.63) is 53.6 Å². The Morgan fingerprint density at radius 2 is 2.04 bits per heavy atom. The molecule has 2 heterocycles. The van der Waals surface area contributed by atoms with Gasteiger partial charge in [0.1, 0.15) is 0 Å². The summed E-state index contributed by atoms with van der Waals surface area (Å²) in [7, 11) is -3.42. The number of aryl methyl sites for hydroxylation is 1. The van der Waals surface area contributed by atoms with Gasteiger partial charge in [0.2, 0.25) is 0 Å². The van der Waals surface area contributed by atoms with Gasteiger partial charge in [-0.2, -0.15) is 0 Å². The van der Waals surface area contributed by atoms with Crippen LogP contribution in [0.2, 0.25) is 0 Å². The Labute approximate surface area is 143 Å². The first-order valence-corrected chi connectivity index (χ1v) is 9.08. The summed E-state index contributed by atoms with van der Waals surface area (Å²) in [5, 5.41) is 7.56. The Balaban J connectivity index is 1.73. The highest BCUT2D eigenvalue weighted by molar-refractivity contribution is 7.90. The molecule has 130 valence electrons. The largest absolute Gasteiger partial charge is 0.459 e. The Morgan fingerprint density at radius 3 is 2.72 bits per heavy atom. The molecular formula is C16H14N2O6S. The number of rotatable bonds is 5. The summed E-state index contributed by atoms with van der Waals surface area (Å²) < 4.78 is 38.8. The van der Waals surface area contributed by atoms with Crippen LogP contribution in [0.5, 0.6) is 0 Å². The number of aromatic nitrogens is 2. The molecule has 0 aliphatic heterocycles. The van der Waals surface area contributed by atoms with E-state index in [4.69, 9.17) is 13.6 Å². The number of furan rings is 1. The molecule has 0 aliphatic carbocycles. The molecule has 25 heavy (non-hydrogen) atoms. The van der Waals surface area contributed by atoms with Crippen LogP contribution in [-0.2, 0) is 21.2 Å². The molecule has 0 unspecified atom stereocenters. The Bertz CT molecular complexity index is 1010. The molecule has 1 aromatic carbocycles. The lowest BCUT2D eigenvalue weighted by atomic mass is 10.1. The van der Waals surface area contributed by atoms with E-state index in [0.29, 0.717) is 11.3 Å². The van der Waals surface area contributed by atoms with Crippen LogP contribution < -0.4 is 0 Å². The Hall–Kier alpha value is -2.94. The van der Waals surface area contributed by atoms with E-state index < -0.39 is 15.8 Å². The summed E-state index contributed by atoms with van der Waals surface area (Å²) >= 11 is 0. The van der Waals surface area contributed by atoms with Crippen molar-refractivity contribution in [3.8, 4) is 11.7 Å². The zero-order valence-corrected chi connectivity index (χ0v) is 14.2. The third-order valence-corrected chi connectivity index (χ3v) is 4.49. The van der Waals surface area contributed by atoms with Gasteiger partial charge in [0.25, 0.3) is 11.8 Å². The maximum absolute atomic E-state index is 12.2. The van der Waals surface area contributed by atoms with Crippen molar-refractivity contribution in [2.75, 3.05) is 6.26 Å². The molecule has 8 nitrogen and oxygen atoms in total. The highest BCUT2D eigenvalue weighted by atomic mass is 32.2. The molecule has 9 heteroatoms. The van der Waals surface area contributed by atoms with E-state index in [-0.39, 0.29) is 28.8 Å². The third kappa shape index (κ3) is 3.77. The van der Waals surface area contributed by atoms with Crippen molar-refractivity contribution < 1.29 is 26.8 Å². The van der Waals surface area contributed by atoms with Crippen molar-refractivity contribution in [2.24, 2.45) is 0 Å². The van der Waals surface area contributed by atoms with Crippen LogP contribution in [0.4, 0.5) is 0 Å². The van der Waals surface area contributed by atoms with Crippen LogP contribution in [0, 0.1) is 6.92 Å². The van der Waals surface area contributed by atoms with Crippen molar-refractivity contribution in [2.45, 2.75) is 18.4 Å². The van der Waals surface area contributed by atoms with E-state index in [0.717, 1.165) is 6.26 Å². The number of ether oxygens (including phenoxy) is 1. The average Bonchev–Trinajstić information content (AvgIpc) is 3.23. The first-order chi connectivity index (χ1) is 11.8. The first kappa shape index (κ1) is 16.9. The van der Waals surface area contributed by atoms with E-state index >= 15 is 0 Å². The van der Waals surface area contributed by atoms with Crippen LogP contribution in [-0.4, -0.2) is 30.8 Å². The van der Waals surface area contributed by atoms with Crippen molar-refractivity contribution in [3.63, 3.8) is 0 Å². The SMILES string of the molecule is Cc1ccc(S(C)(=O)=O)cc1C(=O)OCc1nnc(-c2ccco2)o1. The molecule has 3 aromatic rings. The van der Waals surface area contributed by atoms with Gasteiger partial charge >= 0.3 is 5.97 Å². The topological polar surface area (TPSA) is 112 Å². The van der Waals surface area contributed by atoms with Crippen LogP contribution in [0.15, 0.2) is 50.3 Å². The van der Waals surface area contributed by atoms with Gasteiger partial charge in [-0.15, -0.1) is 10.2 Å². The highest BCUT2D eigenvalue weighted by Crippen LogP contribution is 2.19. The molecule has 0 saturated heterocycles. The number of benzene rings is 1. The van der Waals surface area contributed by atoms with Crippen LogP contribution in [0.25, 0.3) is 11.7 Å². The van der Waals surface area contributed by atoms with E-state index in [1.54, 1.807) is 25.1 Å². The zero-order valence-electron chi connectivity index (χ0n) is 13.4. The van der Waals surface area contributed by atoms with Crippen molar-refractivity contribution in [1.82, 2.24) is 10.2 Å². The number of hydrogen-bond donors (Lipinski definition) is 0. The molecule has 0 radical (unpaired) electrons. The fourth-order valence-electron chi connectivity index (χ4n) is 2.07. The van der Waals surface area contributed by atoms with Crippen molar-refractivity contribution >= 4 is 15.8 Å². The quantitative estimate of drug-likeness (QED) is 0.636. The van der Waals surface area contributed by atoms with Crippen LogP contribution >= 0.6 is 0 Å². The smallest absolute Gasteiger partial charge is 0.338 e. The number of hydrogen-bond acceptors (Lipinski definition) is 8. The number of carbonyl (C=O) groups excluding carboxylic acids is 1. The lowest BCUT2D eigenvalue weighted by Crippen LogP contribution is -2.09. The van der Waals surface area contributed by atoms with Crippen LogP contribution in [0.1, 0.15) is 21.8 Å². The molecule has 0 atom stereocenters. The third-order valence-electron chi connectivity index (χ3n) is 3.38. The van der Waals surface area contributed by atoms with Gasteiger partial charge in [-0.1, -0.05) is 6.07 Å². The fraction of sp³-hybridized carbons (Fsp3) is 0.188. The molecular weight excluding hydrogens is 348 g/mol. The van der Waals surface area contributed by atoms with Gasteiger partial charge in [0.05, 0.1) is 16.7 Å². The normalized spacial score (nSPS) is 11.4. The van der Waals surface area contributed by atoms with E-state index in [9.17, 15) is 13.2 Å². The highest BCUT2D eigenvalue weighted by Gasteiger charge is 2.17. The molecule has 0 fully saturated rings. The minimum atomic E-state index is -3.42. The summed E-state index contributed by atoms with van der Waals surface area (Å²) in [5.74, 6) is -0.00880. The number of nitrogens with zero attached hydrogens (tertiary/aromatic N) is 2. The van der Waals surface area contributed by atoms with Gasteiger partial charge in [-0.25, -0.2) is 13.2 Å². The maximum atomic E-state index is 12.2. The predicted octanol–water partition coefficient (Wildman–Crippen LogP) is 2.40. The molecule has 0 amide bonds. The lowest BCUT2D eigenvalue weighted by molar-refractivity contribution is 0.0437. The summed E-state index contributed by atoms with van der Waals surface area (Å²) in [4.78, 5) is 12.3. The summed E-state index contributed by atoms with van der Waals surface area (Å²) in [5.41, 5.74) is 0.757. The molecule has 0 aliphatic rings. The van der Waals surface area contributed by atoms with Gasteiger partial charge in [0.15, 0.2) is 22.2 Å². The number of carbonyl (C=O) groups is 1. The minimum Gasteiger partial charge on any atom is -0.459 e. The van der Waals surface area contributed by atoms with Gasteiger partial charge < -0.3 is 13.6 Å². The molecule has 0 spiro atoms. The molecule has 0 N–H and O–H groups in total. The monoisotopic (exact) mass is 362 g/mol. The van der Waals surface area contributed by atoms with Crippen molar-refractivity contribution in [1.29, 1.82) is 0 Å². The molecule has 3 rings (SSSR count). The summed E-state index contributed by atoms with van der Waals surface area (Å²) in [6, 6.07) is 7.61. The van der Waals surface area contributed by atoms with E-state index in [1.165, 1.54) is 18.4 Å². The minimum absolute atomic E-state index is 0.0444. The van der Waals surface area contributed by atoms with Crippen LogP contribution in [0.3, 0.4) is 0 Å². The second-order valence-electron chi connectivity index (χ2n) is 5.30. The van der Waals surface area contributed by atoms with E-state index in [1.807, 2.05) is 0 Å². The van der Waals surface area contributed by atoms with Gasteiger partial charge in [-0.3, -0.25) is 0 Å². The first-order valence-electron chi connectivity index (χ1n) is 7.18. The fourth-order valence-corrected chi connectivity index (χ4v) is 2.72. The van der Waals surface area contributed by atoms with Gasteiger partial charge in [-0.05, 0) is 36.8 Å². The molecule has 0 saturated carbocycles. The predicted molar refractivity (Wildman–Crippen MR) is 85.4 cm³/mol. The molecule has 2 aromatic heterocycles. The second kappa shape index (κ2) is 6.52. The number of sulfone groups is 1. The Morgan fingerprint density at radius 1 is 1.24 bits per heavy atom.